The fraction of sp³-hybridized carbons (Fsp3) is 0.483. The molecule has 9 nitrogen and oxygen atoms in total. The lowest BCUT2D eigenvalue weighted by molar-refractivity contribution is -0.152. The maximum atomic E-state index is 13.1. The Morgan fingerprint density at radius 2 is 1.82 bits per heavy atom. The molecule has 200 valence electrons. The average Bonchev–Trinajstić information content (AvgIpc) is 3.27. The number of fused-ring (bicyclic) bond motifs is 2. The number of methoxy groups -OCH3 is 1. The molecule has 38 heavy (non-hydrogen) atoms. The van der Waals surface area contributed by atoms with Gasteiger partial charge in [-0.1, -0.05) is 12.1 Å². The predicted octanol–water partition coefficient (Wildman–Crippen LogP) is 5.05. The van der Waals surface area contributed by atoms with E-state index in [9.17, 15) is 4.79 Å². The standard InChI is InChI=1S/C29H33N3O6/c1-29(2)37-26(27(38-29)20-5-4-6-21-25(20)32-24(34-3)16-30-21)17-7-9-18(10-8-17)28(33)31-19-11-12-22-23(15-19)36-14-13-35-22/h4-6,11-12,15-18,26-27H,7-10,13-14H2,1-3H3,(H,31,33)/t17?,18?,26-,27-/m1/s1. The maximum absolute atomic E-state index is 13.1. The summed E-state index contributed by atoms with van der Waals surface area (Å²) < 4.78 is 29.5. The molecule has 1 amide bonds. The second kappa shape index (κ2) is 10.0. The topological polar surface area (TPSA) is 101 Å². The zero-order valence-corrected chi connectivity index (χ0v) is 21.9. The monoisotopic (exact) mass is 519 g/mol. The van der Waals surface area contributed by atoms with E-state index in [1.807, 2.05) is 50.2 Å². The van der Waals surface area contributed by atoms with E-state index in [1.165, 1.54) is 0 Å². The van der Waals surface area contributed by atoms with E-state index in [-0.39, 0.29) is 30.0 Å². The average molecular weight is 520 g/mol. The molecule has 3 aromatic rings. The number of rotatable bonds is 5. The number of carbonyl (C=O) groups excluding carboxylic acids is 1. The molecule has 0 spiro atoms. The smallest absolute Gasteiger partial charge is 0.232 e. The van der Waals surface area contributed by atoms with Crippen LogP contribution in [0.15, 0.2) is 42.6 Å². The highest BCUT2D eigenvalue weighted by Crippen LogP contribution is 2.47. The number of benzene rings is 2. The van der Waals surface area contributed by atoms with Gasteiger partial charge < -0.3 is 29.0 Å². The van der Waals surface area contributed by atoms with Crippen LogP contribution in [-0.2, 0) is 14.3 Å². The third kappa shape index (κ3) is 4.88. The minimum Gasteiger partial charge on any atom is -0.486 e. The van der Waals surface area contributed by atoms with E-state index in [0.29, 0.717) is 30.6 Å². The molecule has 1 aromatic heterocycles. The molecule has 9 heteroatoms. The molecule has 1 saturated heterocycles. The molecular formula is C29H33N3O6. The lowest BCUT2D eigenvalue weighted by Gasteiger charge is -2.33. The highest BCUT2D eigenvalue weighted by atomic mass is 16.8. The number of nitrogens with zero attached hydrogens (tertiary/aromatic N) is 2. The van der Waals surface area contributed by atoms with Gasteiger partial charge in [-0.25, -0.2) is 9.97 Å². The summed E-state index contributed by atoms with van der Waals surface area (Å²) in [5.41, 5.74) is 3.22. The van der Waals surface area contributed by atoms with Crippen molar-refractivity contribution in [3.8, 4) is 17.4 Å². The van der Waals surface area contributed by atoms with E-state index in [0.717, 1.165) is 48.0 Å². The summed E-state index contributed by atoms with van der Waals surface area (Å²) >= 11 is 0. The number of ether oxygens (including phenoxy) is 5. The minimum absolute atomic E-state index is 0.0389. The van der Waals surface area contributed by atoms with E-state index in [4.69, 9.17) is 23.7 Å². The van der Waals surface area contributed by atoms with Crippen molar-refractivity contribution < 1.29 is 28.5 Å². The number of carbonyl (C=O) groups is 1. The number of anilines is 1. The fourth-order valence-corrected chi connectivity index (χ4v) is 5.82. The molecule has 1 aliphatic carbocycles. The van der Waals surface area contributed by atoms with Crippen molar-refractivity contribution in [3.05, 3.63) is 48.2 Å². The molecule has 1 saturated carbocycles. The van der Waals surface area contributed by atoms with Crippen molar-refractivity contribution in [1.29, 1.82) is 0 Å². The number of aromatic nitrogens is 2. The largest absolute Gasteiger partial charge is 0.486 e. The van der Waals surface area contributed by atoms with Crippen LogP contribution in [0.2, 0.25) is 0 Å². The molecular weight excluding hydrogens is 486 g/mol. The zero-order valence-electron chi connectivity index (χ0n) is 21.9. The Bertz CT molecular complexity index is 1340. The lowest BCUT2D eigenvalue weighted by atomic mass is 9.77. The molecule has 2 aromatic carbocycles. The van der Waals surface area contributed by atoms with Crippen LogP contribution in [0.3, 0.4) is 0 Å². The van der Waals surface area contributed by atoms with Gasteiger partial charge in [0.1, 0.15) is 19.3 Å². The van der Waals surface area contributed by atoms with Gasteiger partial charge in [-0.15, -0.1) is 0 Å². The Morgan fingerprint density at radius 1 is 1.03 bits per heavy atom. The number of nitrogens with one attached hydrogen (secondary N) is 1. The maximum Gasteiger partial charge on any atom is 0.232 e. The molecule has 0 bridgehead atoms. The first-order valence-electron chi connectivity index (χ1n) is 13.3. The first-order valence-corrected chi connectivity index (χ1v) is 13.3. The van der Waals surface area contributed by atoms with Crippen LogP contribution >= 0.6 is 0 Å². The first kappa shape index (κ1) is 24.9. The third-order valence-electron chi connectivity index (χ3n) is 7.64. The normalized spacial score (nSPS) is 26.2. The van der Waals surface area contributed by atoms with Gasteiger partial charge in [-0.2, -0.15) is 0 Å². The van der Waals surface area contributed by atoms with Gasteiger partial charge in [0.25, 0.3) is 0 Å². The quantitative estimate of drug-likeness (QED) is 0.500. The van der Waals surface area contributed by atoms with E-state index in [2.05, 4.69) is 15.3 Å². The second-order valence-electron chi connectivity index (χ2n) is 10.6. The highest BCUT2D eigenvalue weighted by molar-refractivity contribution is 5.93. The zero-order chi connectivity index (χ0) is 26.3. The summed E-state index contributed by atoms with van der Waals surface area (Å²) in [6.45, 7) is 4.95. The molecule has 0 unspecified atom stereocenters. The van der Waals surface area contributed by atoms with Gasteiger partial charge in [0.2, 0.25) is 11.8 Å². The van der Waals surface area contributed by atoms with Gasteiger partial charge >= 0.3 is 0 Å². The number of para-hydroxylation sites is 1. The molecule has 3 heterocycles. The highest BCUT2D eigenvalue weighted by Gasteiger charge is 2.47. The van der Waals surface area contributed by atoms with Crippen molar-refractivity contribution in [2.45, 2.75) is 57.5 Å². The first-order chi connectivity index (χ1) is 18.4. The third-order valence-corrected chi connectivity index (χ3v) is 7.64. The SMILES string of the molecule is COc1cnc2cccc([C@H]3OC(C)(C)O[C@@H]3C3CCC(C(=O)Nc4ccc5c(c4)OCCO5)CC3)c2n1. The summed E-state index contributed by atoms with van der Waals surface area (Å²) in [6.07, 6.45) is 4.51. The Hall–Kier alpha value is -3.43. The van der Waals surface area contributed by atoms with Crippen LogP contribution < -0.4 is 19.5 Å². The summed E-state index contributed by atoms with van der Waals surface area (Å²) in [7, 11) is 1.59. The van der Waals surface area contributed by atoms with Crippen LogP contribution in [0.1, 0.15) is 51.2 Å². The van der Waals surface area contributed by atoms with Crippen LogP contribution in [0, 0.1) is 11.8 Å². The van der Waals surface area contributed by atoms with Crippen molar-refractivity contribution >= 4 is 22.6 Å². The minimum atomic E-state index is -0.726. The number of hydrogen-bond donors (Lipinski definition) is 1. The molecule has 2 atom stereocenters. The molecule has 2 fully saturated rings. The van der Waals surface area contributed by atoms with E-state index in [1.54, 1.807) is 13.3 Å². The Morgan fingerprint density at radius 3 is 2.61 bits per heavy atom. The molecule has 2 aliphatic heterocycles. The molecule has 3 aliphatic rings. The summed E-state index contributed by atoms with van der Waals surface area (Å²) in [5, 5.41) is 3.07. The van der Waals surface area contributed by atoms with Gasteiger partial charge in [0.15, 0.2) is 17.3 Å². The Balaban J connectivity index is 1.15. The fourth-order valence-electron chi connectivity index (χ4n) is 5.82. The van der Waals surface area contributed by atoms with E-state index < -0.39 is 5.79 Å². The predicted molar refractivity (Wildman–Crippen MR) is 140 cm³/mol. The summed E-state index contributed by atoms with van der Waals surface area (Å²) in [5.74, 6) is 1.36. The van der Waals surface area contributed by atoms with Crippen molar-refractivity contribution in [3.63, 3.8) is 0 Å². The van der Waals surface area contributed by atoms with Crippen molar-refractivity contribution in [2.24, 2.45) is 11.8 Å². The van der Waals surface area contributed by atoms with Gasteiger partial charge in [0.05, 0.1) is 30.4 Å². The van der Waals surface area contributed by atoms with Crippen LogP contribution in [0.25, 0.3) is 11.0 Å². The second-order valence-corrected chi connectivity index (χ2v) is 10.6. The van der Waals surface area contributed by atoms with Crippen LogP contribution in [0.5, 0.6) is 17.4 Å². The Kier molecular flexibility index (Phi) is 6.57. The van der Waals surface area contributed by atoms with Crippen LogP contribution in [0.4, 0.5) is 5.69 Å². The van der Waals surface area contributed by atoms with Crippen LogP contribution in [-0.4, -0.2) is 48.1 Å². The summed E-state index contributed by atoms with van der Waals surface area (Å²) in [4.78, 5) is 22.3. The molecule has 6 rings (SSSR count). The molecule has 0 radical (unpaired) electrons. The van der Waals surface area contributed by atoms with Gasteiger partial charge in [-0.05, 0) is 63.6 Å². The molecule has 1 N–H and O–H groups in total. The van der Waals surface area contributed by atoms with Gasteiger partial charge in [-0.3, -0.25) is 4.79 Å². The Labute approximate surface area is 221 Å². The lowest BCUT2D eigenvalue weighted by Crippen LogP contribution is -2.34. The van der Waals surface area contributed by atoms with Crippen molar-refractivity contribution in [1.82, 2.24) is 9.97 Å². The number of hydrogen-bond acceptors (Lipinski definition) is 8. The summed E-state index contributed by atoms with van der Waals surface area (Å²) in [6, 6.07) is 11.5. The number of amides is 1. The van der Waals surface area contributed by atoms with Gasteiger partial charge in [0, 0.05) is 23.2 Å². The van der Waals surface area contributed by atoms with E-state index >= 15 is 0 Å². The van der Waals surface area contributed by atoms with Crippen molar-refractivity contribution in [2.75, 3.05) is 25.6 Å².